The van der Waals surface area contributed by atoms with Crippen LogP contribution >= 0.6 is 11.8 Å². The first kappa shape index (κ1) is 14.3. The molecule has 1 fully saturated rings. The monoisotopic (exact) mass is 261 g/mol. The summed E-state index contributed by atoms with van der Waals surface area (Å²) in [5.74, 6) is 0.947. The van der Waals surface area contributed by atoms with E-state index >= 15 is 0 Å². The molecule has 0 aliphatic heterocycles. The van der Waals surface area contributed by atoms with Gasteiger partial charge in [0.15, 0.2) is 0 Å². The van der Waals surface area contributed by atoms with Crippen LogP contribution in [0.2, 0.25) is 0 Å². The van der Waals surface area contributed by atoms with Gasteiger partial charge in [-0.3, -0.25) is 9.59 Å². The number of esters is 1. The minimum atomic E-state index is -0.173. The Morgan fingerprint density at radius 3 is 2.71 bits per heavy atom. The van der Waals surface area contributed by atoms with E-state index in [-0.39, 0.29) is 23.9 Å². The van der Waals surface area contributed by atoms with Crippen molar-refractivity contribution in [2.45, 2.75) is 19.3 Å². The minimum Gasteiger partial charge on any atom is -0.469 e. The molecule has 5 nitrogen and oxygen atoms in total. The van der Waals surface area contributed by atoms with Gasteiger partial charge >= 0.3 is 5.97 Å². The topological polar surface area (TPSA) is 75.6 Å². The number of nitrogens with one attached hydrogen (secondary N) is 1. The number of aliphatic hydroxyl groups is 1. The van der Waals surface area contributed by atoms with Crippen molar-refractivity contribution in [2.75, 3.05) is 31.8 Å². The lowest BCUT2D eigenvalue weighted by molar-refractivity contribution is -0.141. The summed E-state index contributed by atoms with van der Waals surface area (Å²) >= 11 is 1.53. The molecule has 0 aromatic rings. The third kappa shape index (κ3) is 5.41. The molecule has 0 spiro atoms. The molecule has 0 saturated heterocycles. The zero-order valence-electron chi connectivity index (χ0n) is 10.0. The van der Waals surface area contributed by atoms with E-state index < -0.39 is 0 Å². The molecule has 98 valence electrons. The summed E-state index contributed by atoms with van der Waals surface area (Å²) in [4.78, 5) is 22.4. The van der Waals surface area contributed by atoms with Gasteiger partial charge in [-0.15, -0.1) is 0 Å². The van der Waals surface area contributed by atoms with Crippen molar-refractivity contribution in [1.29, 1.82) is 0 Å². The molecule has 0 unspecified atom stereocenters. The van der Waals surface area contributed by atoms with Gasteiger partial charge in [-0.25, -0.2) is 0 Å². The lowest BCUT2D eigenvalue weighted by Gasteiger charge is -2.12. The molecule has 0 atom stereocenters. The van der Waals surface area contributed by atoms with Crippen LogP contribution in [0.1, 0.15) is 19.3 Å². The SMILES string of the molecule is COC(=O)CC1(CSCC(=O)NCCO)CC1. The highest BCUT2D eigenvalue weighted by atomic mass is 32.2. The fourth-order valence-electron chi connectivity index (χ4n) is 1.53. The summed E-state index contributed by atoms with van der Waals surface area (Å²) in [5.41, 5.74) is 0.0645. The number of ether oxygens (including phenoxy) is 1. The van der Waals surface area contributed by atoms with Crippen molar-refractivity contribution < 1.29 is 19.4 Å². The predicted octanol–water partition coefficient (Wildman–Crippen LogP) is 0.171. The fourth-order valence-corrected chi connectivity index (χ4v) is 2.75. The zero-order valence-corrected chi connectivity index (χ0v) is 10.8. The van der Waals surface area contributed by atoms with Crippen molar-refractivity contribution >= 4 is 23.6 Å². The molecule has 1 rings (SSSR count). The van der Waals surface area contributed by atoms with E-state index in [1.54, 1.807) is 0 Å². The van der Waals surface area contributed by atoms with E-state index in [0.29, 0.717) is 18.7 Å². The zero-order chi connectivity index (χ0) is 12.7. The number of rotatable bonds is 8. The normalized spacial score (nSPS) is 16.4. The molecule has 1 saturated carbocycles. The van der Waals surface area contributed by atoms with Crippen LogP contribution in [0, 0.1) is 5.41 Å². The molecule has 0 aromatic carbocycles. The fraction of sp³-hybridized carbons (Fsp3) is 0.818. The molecule has 17 heavy (non-hydrogen) atoms. The number of thioether (sulfide) groups is 1. The van der Waals surface area contributed by atoms with E-state index in [9.17, 15) is 9.59 Å². The predicted molar refractivity (Wildman–Crippen MR) is 65.7 cm³/mol. The second-order valence-corrected chi connectivity index (χ2v) is 5.30. The summed E-state index contributed by atoms with van der Waals surface area (Å²) in [7, 11) is 1.40. The smallest absolute Gasteiger partial charge is 0.306 e. The largest absolute Gasteiger partial charge is 0.469 e. The van der Waals surface area contributed by atoms with Gasteiger partial charge in [-0.2, -0.15) is 11.8 Å². The Hall–Kier alpha value is -0.750. The van der Waals surface area contributed by atoms with Gasteiger partial charge in [0.05, 0.1) is 25.9 Å². The summed E-state index contributed by atoms with van der Waals surface area (Å²) in [6, 6.07) is 0. The summed E-state index contributed by atoms with van der Waals surface area (Å²) in [6.07, 6.45) is 2.52. The number of methoxy groups -OCH3 is 1. The Morgan fingerprint density at radius 1 is 1.47 bits per heavy atom. The number of carbonyl (C=O) groups is 2. The van der Waals surface area contributed by atoms with Crippen molar-refractivity contribution in [3.05, 3.63) is 0 Å². The Morgan fingerprint density at radius 2 is 2.18 bits per heavy atom. The molecule has 1 aliphatic carbocycles. The standard InChI is InChI=1S/C11H19NO4S/c1-16-10(15)6-11(2-3-11)8-17-7-9(14)12-4-5-13/h13H,2-8H2,1H3,(H,12,14). The molecule has 0 bridgehead atoms. The molecule has 1 amide bonds. The maximum absolute atomic E-state index is 11.3. The molecule has 0 aromatic heterocycles. The van der Waals surface area contributed by atoms with Crippen LogP contribution in [0.25, 0.3) is 0 Å². The second kappa shape index (κ2) is 6.86. The number of aliphatic hydroxyl groups excluding tert-OH is 1. The molecule has 2 N–H and O–H groups in total. The van der Waals surface area contributed by atoms with Crippen molar-refractivity contribution in [2.24, 2.45) is 5.41 Å². The van der Waals surface area contributed by atoms with Crippen LogP contribution in [0.3, 0.4) is 0 Å². The van der Waals surface area contributed by atoms with Crippen LogP contribution in [0.5, 0.6) is 0 Å². The van der Waals surface area contributed by atoms with Crippen molar-refractivity contribution in [3.63, 3.8) is 0 Å². The van der Waals surface area contributed by atoms with Crippen molar-refractivity contribution in [3.8, 4) is 0 Å². The highest BCUT2D eigenvalue weighted by Crippen LogP contribution is 2.51. The van der Waals surface area contributed by atoms with E-state index in [4.69, 9.17) is 5.11 Å². The average Bonchev–Trinajstić information content (AvgIpc) is 3.06. The minimum absolute atomic E-state index is 0.0390. The van der Waals surface area contributed by atoms with Crippen molar-refractivity contribution in [1.82, 2.24) is 5.32 Å². The first-order valence-electron chi connectivity index (χ1n) is 5.64. The highest BCUT2D eigenvalue weighted by molar-refractivity contribution is 7.99. The number of hydrogen-bond donors (Lipinski definition) is 2. The van der Waals surface area contributed by atoms with Crippen LogP contribution < -0.4 is 5.32 Å². The third-order valence-corrected chi connectivity index (χ3v) is 4.06. The molecular weight excluding hydrogens is 242 g/mol. The maximum Gasteiger partial charge on any atom is 0.306 e. The van der Waals surface area contributed by atoms with Crippen LogP contribution in [-0.4, -0.2) is 48.8 Å². The Bertz CT molecular complexity index is 279. The Labute approximate surface area is 105 Å². The van der Waals surface area contributed by atoms with E-state index in [2.05, 4.69) is 10.1 Å². The molecule has 0 heterocycles. The van der Waals surface area contributed by atoms with Crippen LogP contribution in [0.15, 0.2) is 0 Å². The van der Waals surface area contributed by atoms with Crippen LogP contribution in [-0.2, 0) is 14.3 Å². The average molecular weight is 261 g/mol. The lowest BCUT2D eigenvalue weighted by Crippen LogP contribution is -2.28. The Kier molecular flexibility index (Phi) is 5.77. The number of hydrogen-bond acceptors (Lipinski definition) is 5. The summed E-state index contributed by atoms with van der Waals surface area (Å²) in [5, 5.41) is 11.1. The van der Waals surface area contributed by atoms with Crippen LogP contribution in [0.4, 0.5) is 0 Å². The van der Waals surface area contributed by atoms with Gasteiger partial charge in [0, 0.05) is 6.54 Å². The second-order valence-electron chi connectivity index (χ2n) is 4.32. The first-order chi connectivity index (χ1) is 8.12. The lowest BCUT2D eigenvalue weighted by atomic mass is 10.1. The number of amides is 1. The third-order valence-electron chi connectivity index (χ3n) is 2.78. The summed E-state index contributed by atoms with van der Waals surface area (Å²) in [6.45, 7) is 0.259. The van der Waals surface area contributed by atoms with Gasteiger partial charge in [-0.05, 0) is 24.0 Å². The first-order valence-corrected chi connectivity index (χ1v) is 6.79. The molecular formula is C11H19NO4S. The van der Waals surface area contributed by atoms with Gasteiger partial charge in [0.1, 0.15) is 0 Å². The van der Waals surface area contributed by atoms with Gasteiger partial charge in [0.2, 0.25) is 5.91 Å². The maximum atomic E-state index is 11.3. The van der Waals surface area contributed by atoms with E-state index in [1.165, 1.54) is 18.9 Å². The molecule has 6 heteroatoms. The van der Waals surface area contributed by atoms with E-state index in [1.807, 2.05) is 0 Å². The van der Waals surface area contributed by atoms with E-state index in [0.717, 1.165) is 18.6 Å². The summed E-state index contributed by atoms with van der Waals surface area (Å²) < 4.78 is 4.65. The van der Waals surface area contributed by atoms with Gasteiger partial charge < -0.3 is 15.2 Å². The van der Waals surface area contributed by atoms with Gasteiger partial charge in [-0.1, -0.05) is 0 Å². The quantitative estimate of drug-likeness (QED) is 0.609. The molecule has 1 aliphatic rings. The number of carbonyl (C=O) groups excluding carboxylic acids is 2. The highest BCUT2D eigenvalue weighted by Gasteiger charge is 2.44. The van der Waals surface area contributed by atoms with Gasteiger partial charge in [0.25, 0.3) is 0 Å². The Balaban J connectivity index is 2.13. The molecule has 0 radical (unpaired) electrons.